The largest absolute Gasteiger partial charge is 0.480 e. The number of fused-ring (bicyclic) bond motifs is 1. The summed E-state index contributed by atoms with van der Waals surface area (Å²) in [5, 5.41) is 27.9. The van der Waals surface area contributed by atoms with Crippen LogP contribution in [-0.4, -0.2) is 87.6 Å². The van der Waals surface area contributed by atoms with Gasteiger partial charge in [-0.3, -0.25) is 24.2 Å². The Morgan fingerprint density at radius 2 is 1.63 bits per heavy atom. The molecule has 224 valence electrons. The van der Waals surface area contributed by atoms with Gasteiger partial charge in [0.1, 0.15) is 18.1 Å². The van der Waals surface area contributed by atoms with Gasteiger partial charge < -0.3 is 54.1 Å². The van der Waals surface area contributed by atoms with Gasteiger partial charge in [0.15, 0.2) is 5.96 Å². The second-order valence-corrected chi connectivity index (χ2v) is 9.48. The van der Waals surface area contributed by atoms with E-state index in [4.69, 9.17) is 22.9 Å². The summed E-state index contributed by atoms with van der Waals surface area (Å²) in [4.78, 5) is 68.6. The Bertz CT molecular complexity index is 1270. The fourth-order valence-corrected chi connectivity index (χ4v) is 4.00. The number of aliphatic hydroxyl groups is 1. The number of primary amides is 1. The first kappa shape index (κ1) is 32.5. The van der Waals surface area contributed by atoms with Crippen molar-refractivity contribution < 1.29 is 34.2 Å². The molecule has 0 aliphatic heterocycles. The maximum Gasteiger partial charge on any atom is 0.326 e. The van der Waals surface area contributed by atoms with Crippen LogP contribution in [0, 0.1) is 0 Å². The summed E-state index contributed by atoms with van der Waals surface area (Å²) in [6.45, 7) is 1.35. The number of carboxylic acid groups (broad SMARTS) is 1. The molecule has 16 nitrogen and oxygen atoms in total. The molecule has 0 saturated heterocycles. The van der Waals surface area contributed by atoms with Crippen LogP contribution in [0.25, 0.3) is 10.9 Å². The molecule has 4 amide bonds. The number of nitrogens with one attached hydrogen (secondary N) is 4. The normalized spacial score (nSPS) is 14.6. The van der Waals surface area contributed by atoms with Crippen molar-refractivity contribution >= 4 is 46.5 Å². The molecule has 2 rings (SSSR count). The molecule has 2 aromatic rings. The molecule has 1 aromatic heterocycles. The van der Waals surface area contributed by atoms with Crippen molar-refractivity contribution in [3.8, 4) is 0 Å². The van der Waals surface area contributed by atoms with Crippen molar-refractivity contribution in [2.75, 3.05) is 6.54 Å². The fraction of sp³-hybridized carbons (Fsp3) is 0.440. The number of aliphatic hydroxyl groups excluding tert-OH is 1. The smallest absolute Gasteiger partial charge is 0.326 e. The average Bonchev–Trinajstić information content (AvgIpc) is 3.30. The number of aromatic nitrogens is 1. The predicted octanol–water partition coefficient (Wildman–Crippen LogP) is -3.11. The quantitative estimate of drug-likeness (QED) is 0.0545. The number of nitrogens with zero attached hydrogens (tertiary/aromatic N) is 1. The number of amides is 4. The van der Waals surface area contributed by atoms with Gasteiger partial charge in [-0.15, -0.1) is 0 Å². The Kier molecular flexibility index (Phi) is 12.0. The van der Waals surface area contributed by atoms with Gasteiger partial charge in [-0.25, -0.2) is 4.79 Å². The maximum atomic E-state index is 13.1. The lowest BCUT2D eigenvalue weighted by molar-refractivity contribution is -0.143. The van der Waals surface area contributed by atoms with Crippen molar-refractivity contribution in [3.05, 3.63) is 36.0 Å². The highest BCUT2D eigenvalue weighted by Crippen LogP contribution is 2.19. The molecule has 0 spiro atoms. The number of carbonyl (C=O) groups excluding carboxylic acids is 4. The molecule has 1 heterocycles. The molecule has 1 aromatic carbocycles. The number of aliphatic imine (C=N–C) groups is 1. The molecule has 0 bridgehead atoms. The molecule has 5 atom stereocenters. The molecular weight excluding hydrogens is 538 g/mol. The van der Waals surface area contributed by atoms with Crippen LogP contribution in [0.3, 0.4) is 0 Å². The van der Waals surface area contributed by atoms with E-state index in [0.717, 1.165) is 10.9 Å². The van der Waals surface area contributed by atoms with Crippen LogP contribution in [-0.2, 0) is 30.4 Å². The van der Waals surface area contributed by atoms with Crippen LogP contribution in [0.5, 0.6) is 0 Å². The average molecular weight is 576 g/mol. The molecule has 0 aliphatic carbocycles. The van der Waals surface area contributed by atoms with Crippen LogP contribution in [0.2, 0.25) is 0 Å². The van der Waals surface area contributed by atoms with Gasteiger partial charge >= 0.3 is 5.97 Å². The van der Waals surface area contributed by atoms with E-state index in [1.807, 2.05) is 12.1 Å². The number of benzene rings is 1. The van der Waals surface area contributed by atoms with Crippen LogP contribution in [0.1, 0.15) is 31.7 Å². The summed E-state index contributed by atoms with van der Waals surface area (Å²) in [6.07, 6.45) is -0.147. The fourth-order valence-electron chi connectivity index (χ4n) is 4.00. The highest BCUT2D eigenvalue weighted by molar-refractivity contribution is 5.95. The van der Waals surface area contributed by atoms with Gasteiger partial charge in [0, 0.05) is 30.1 Å². The Balaban J connectivity index is 2.17. The van der Waals surface area contributed by atoms with Gasteiger partial charge in [0.2, 0.25) is 23.6 Å². The van der Waals surface area contributed by atoms with Crippen molar-refractivity contribution in [3.63, 3.8) is 0 Å². The lowest BCUT2D eigenvalue weighted by Gasteiger charge is -2.26. The Morgan fingerprint density at radius 3 is 2.24 bits per heavy atom. The van der Waals surface area contributed by atoms with Gasteiger partial charge in [-0.2, -0.15) is 0 Å². The van der Waals surface area contributed by atoms with Crippen molar-refractivity contribution in [2.24, 2.45) is 27.9 Å². The molecule has 0 aliphatic rings. The summed E-state index contributed by atoms with van der Waals surface area (Å²) in [6, 6.07) is 1.66. The SMILES string of the molecule is CC(O)C(NC(=O)C(CCCN=C(N)N)NC(=O)C(N)CC(N)=O)C(=O)NC(Cc1c[nH]c2ccccc12)C(=O)O. The van der Waals surface area contributed by atoms with E-state index in [0.29, 0.717) is 5.56 Å². The number of guanidine groups is 1. The van der Waals surface area contributed by atoms with E-state index in [2.05, 4.69) is 25.9 Å². The zero-order chi connectivity index (χ0) is 30.7. The minimum absolute atomic E-state index is 0.00981. The lowest BCUT2D eigenvalue weighted by atomic mass is 10.0. The van der Waals surface area contributed by atoms with Crippen LogP contribution >= 0.6 is 0 Å². The summed E-state index contributed by atoms with van der Waals surface area (Å²) < 4.78 is 0. The van der Waals surface area contributed by atoms with E-state index in [1.165, 1.54) is 6.92 Å². The topological polar surface area (TPSA) is 294 Å². The molecule has 16 heteroatoms. The number of H-pyrrole nitrogens is 1. The number of carbonyl (C=O) groups is 5. The third kappa shape index (κ3) is 10.1. The van der Waals surface area contributed by atoms with E-state index in [-0.39, 0.29) is 31.8 Å². The van der Waals surface area contributed by atoms with E-state index < -0.39 is 66.3 Å². The Labute approximate surface area is 235 Å². The third-order valence-electron chi connectivity index (χ3n) is 6.11. The minimum Gasteiger partial charge on any atom is -0.480 e. The zero-order valence-corrected chi connectivity index (χ0v) is 22.5. The highest BCUT2D eigenvalue weighted by Gasteiger charge is 2.33. The van der Waals surface area contributed by atoms with Crippen molar-refractivity contribution in [1.82, 2.24) is 20.9 Å². The molecular formula is C25H37N9O7. The second-order valence-electron chi connectivity index (χ2n) is 9.48. The number of para-hydroxylation sites is 1. The molecule has 0 fully saturated rings. The molecule has 0 saturated carbocycles. The molecule has 14 N–H and O–H groups in total. The van der Waals surface area contributed by atoms with Crippen LogP contribution < -0.4 is 38.9 Å². The summed E-state index contributed by atoms with van der Waals surface area (Å²) >= 11 is 0. The number of hydrogen-bond donors (Lipinski definition) is 10. The van der Waals surface area contributed by atoms with Gasteiger partial charge in [-0.1, -0.05) is 18.2 Å². The van der Waals surface area contributed by atoms with E-state index >= 15 is 0 Å². The highest BCUT2D eigenvalue weighted by atomic mass is 16.4. The first-order valence-electron chi connectivity index (χ1n) is 12.8. The van der Waals surface area contributed by atoms with Gasteiger partial charge in [0.05, 0.1) is 18.6 Å². The summed E-state index contributed by atoms with van der Waals surface area (Å²) in [7, 11) is 0. The number of nitrogens with two attached hydrogens (primary N) is 4. The number of rotatable bonds is 16. The Morgan fingerprint density at radius 1 is 0.976 bits per heavy atom. The van der Waals surface area contributed by atoms with Crippen LogP contribution in [0.4, 0.5) is 0 Å². The number of aromatic amines is 1. The summed E-state index contributed by atoms with van der Waals surface area (Å²) in [5.74, 6) is -5.02. The van der Waals surface area contributed by atoms with Gasteiger partial charge in [-0.05, 0) is 31.4 Å². The van der Waals surface area contributed by atoms with Crippen molar-refractivity contribution in [2.45, 2.75) is 62.9 Å². The second kappa shape index (κ2) is 15.2. The predicted molar refractivity (Wildman–Crippen MR) is 149 cm³/mol. The Hall–Kier alpha value is -4.70. The van der Waals surface area contributed by atoms with E-state index in [9.17, 15) is 34.2 Å². The molecule has 0 radical (unpaired) electrons. The molecule has 41 heavy (non-hydrogen) atoms. The first-order valence-corrected chi connectivity index (χ1v) is 12.8. The lowest BCUT2D eigenvalue weighted by Crippen LogP contribution is -2.60. The maximum absolute atomic E-state index is 13.1. The van der Waals surface area contributed by atoms with Crippen molar-refractivity contribution in [1.29, 1.82) is 0 Å². The summed E-state index contributed by atoms with van der Waals surface area (Å²) in [5.41, 5.74) is 22.8. The van der Waals surface area contributed by atoms with Gasteiger partial charge in [0.25, 0.3) is 0 Å². The number of aliphatic carboxylic acids is 1. The zero-order valence-electron chi connectivity index (χ0n) is 22.5. The number of hydrogen-bond acceptors (Lipinski definition) is 8. The number of carboxylic acids is 1. The monoisotopic (exact) mass is 575 g/mol. The van der Waals surface area contributed by atoms with Crippen LogP contribution in [0.15, 0.2) is 35.5 Å². The third-order valence-corrected chi connectivity index (χ3v) is 6.11. The van der Waals surface area contributed by atoms with E-state index in [1.54, 1.807) is 18.3 Å². The first-order chi connectivity index (χ1) is 19.3. The standard InChI is InChI=1S/C25H37N9O7/c1-12(35)20(23(39)33-18(24(40)41)9-13-11-31-16-6-3-2-5-14(13)16)34-22(38)17(7-4-8-30-25(28)29)32-21(37)15(26)10-19(27)36/h2-3,5-6,11-12,15,17-18,20,31,35H,4,7-10,26H2,1H3,(H2,27,36)(H,32,37)(H,33,39)(H,34,38)(H,40,41)(H4,28,29,30). The molecule has 5 unspecified atom stereocenters. The minimum atomic E-state index is -1.58.